The van der Waals surface area contributed by atoms with E-state index in [1.54, 1.807) is 30.3 Å². The standard InChI is InChI=1S/C22H17F3N2O3S/c1-31(29,30)27-17-8-7-15(22(23,24)25)11-16(17)19-18(27)9-10-21(13-26,20(19)28)12-14-5-3-2-4-6-14/h2-8,11H,9-10,12H2,1H3/t21-/m1/s1. The van der Waals surface area contributed by atoms with Crippen LogP contribution in [0, 0.1) is 16.7 Å². The maximum Gasteiger partial charge on any atom is 0.416 e. The van der Waals surface area contributed by atoms with Gasteiger partial charge in [-0.05, 0) is 43.0 Å². The molecule has 2 aromatic carbocycles. The second-order valence-electron chi connectivity index (χ2n) is 7.76. The molecule has 0 bridgehead atoms. The molecule has 3 aromatic rings. The number of carbonyl (C=O) groups excluding carboxylic acids is 1. The predicted molar refractivity (Wildman–Crippen MR) is 108 cm³/mol. The second-order valence-corrected chi connectivity index (χ2v) is 9.60. The van der Waals surface area contributed by atoms with Crippen molar-refractivity contribution < 1.29 is 26.4 Å². The molecular formula is C22H17F3N2O3S. The normalized spacial score (nSPS) is 19.3. The minimum atomic E-state index is -4.66. The molecule has 0 fully saturated rings. The first-order valence-electron chi connectivity index (χ1n) is 9.43. The third kappa shape index (κ3) is 3.41. The van der Waals surface area contributed by atoms with Crippen LogP contribution in [0.2, 0.25) is 0 Å². The Hall–Kier alpha value is -3.12. The highest BCUT2D eigenvalue weighted by Crippen LogP contribution is 2.44. The van der Waals surface area contributed by atoms with Gasteiger partial charge in [0, 0.05) is 16.6 Å². The number of Topliss-reactive ketones (excluding diaryl/α,β-unsaturated/α-hetero) is 1. The molecule has 0 radical (unpaired) electrons. The highest BCUT2D eigenvalue weighted by atomic mass is 32.2. The molecule has 0 aliphatic heterocycles. The summed E-state index contributed by atoms with van der Waals surface area (Å²) in [7, 11) is -3.90. The van der Waals surface area contributed by atoms with Gasteiger partial charge in [-0.25, -0.2) is 12.4 Å². The van der Waals surface area contributed by atoms with Crippen LogP contribution in [0.1, 0.15) is 33.6 Å². The molecule has 1 aromatic heterocycles. The van der Waals surface area contributed by atoms with Crippen molar-refractivity contribution in [1.82, 2.24) is 3.97 Å². The molecule has 1 atom stereocenters. The van der Waals surface area contributed by atoms with Crippen LogP contribution in [-0.2, 0) is 29.0 Å². The first-order chi connectivity index (χ1) is 14.5. The van der Waals surface area contributed by atoms with E-state index in [-0.39, 0.29) is 41.4 Å². The number of carbonyl (C=O) groups is 1. The lowest BCUT2D eigenvalue weighted by molar-refractivity contribution is -0.137. The molecule has 0 unspecified atom stereocenters. The number of rotatable bonds is 3. The van der Waals surface area contributed by atoms with E-state index in [2.05, 4.69) is 6.07 Å². The molecule has 1 aliphatic carbocycles. The number of halogens is 3. The van der Waals surface area contributed by atoms with Gasteiger partial charge in [0.25, 0.3) is 0 Å². The lowest BCUT2D eigenvalue weighted by atomic mass is 9.69. The third-order valence-corrected chi connectivity index (χ3v) is 6.77. The van der Waals surface area contributed by atoms with Crippen LogP contribution in [0.3, 0.4) is 0 Å². The highest BCUT2D eigenvalue weighted by molar-refractivity contribution is 7.89. The maximum absolute atomic E-state index is 13.6. The van der Waals surface area contributed by atoms with Gasteiger partial charge in [-0.15, -0.1) is 0 Å². The van der Waals surface area contributed by atoms with E-state index < -0.39 is 33.0 Å². The van der Waals surface area contributed by atoms with Crippen molar-refractivity contribution in [3.63, 3.8) is 0 Å². The zero-order valence-electron chi connectivity index (χ0n) is 16.4. The van der Waals surface area contributed by atoms with Crippen molar-refractivity contribution in [2.45, 2.75) is 25.4 Å². The van der Waals surface area contributed by atoms with Crippen molar-refractivity contribution in [3.05, 3.63) is 70.9 Å². The third-order valence-electron chi connectivity index (χ3n) is 5.69. The number of hydrogen-bond acceptors (Lipinski definition) is 4. The fourth-order valence-corrected chi connectivity index (χ4v) is 5.39. The molecule has 5 nitrogen and oxygen atoms in total. The van der Waals surface area contributed by atoms with Gasteiger partial charge in [0.05, 0.1) is 23.4 Å². The van der Waals surface area contributed by atoms with Crippen molar-refractivity contribution in [2.24, 2.45) is 5.41 Å². The second kappa shape index (κ2) is 6.95. The van der Waals surface area contributed by atoms with Gasteiger partial charge in [0.2, 0.25) is 10.0 Å². The van der Waals surface area contributed by atoms with E-state index >= 15 is 0 Å². The Morgan fingerprint density at radius 3 is 2.42 bits per heavy atom. The molecule has 9 heteroatoms. The Morgan fingerprint density at radius 1 is 1.16 bits per heavy atom. The molecule has 0 spiro atoms. The quantitative estimate of drug-likeness (QED) is 0.599. The smallest absolute Gasteiger partial charge is 0.292 e. The van der Waals surface area contributed by atoms with Crippen molar-refractivity contribution in [2.75, 3.05) is 6.26 Å². The SMILES string of the molecule is CS(=O)(=O)n1c2c(c3cc(C(F)(F)F)ccc31)C(=O)[C@@](C#N)(Cc1ccccc1)CC2. The number of aromatic nitrogens is 1. The van der Waals surface area contributed by atoms with Crippen molar-refractivity contribution in [3.8, 4) is 6.07 Å². The monoisotopic (exact) mass is 446 g/mol. The zero-order chi connectivity index (χ0) is 22.6. The molecule has 0 amide bonds. The lowest BCUT2D eigenvalue weighted by Gasteiger charge is -2.30. The number of nitrogens with zero attached hydrogens (tertiary/aromatic N) is 2. The summed E-state index contributed by atoms with van der Waals surface area (Å²) in [5.74, 6) is -0.646. The van der Waals surface area contributed by atoms with Crippen LogP contribution in [0.5, 0.6) is 0 Å². The topological polar surface area (TPSA) is 79.9 Å². The van der Waals surface area contributed by atoms with Crippen LogP contribution in [-0.4, -0.2) is 24.4 Å². The first kappa shape index (κ1) is 21.1. The molecule has 1 heterocycles. The Morgan fingerprint density at radius 2 is 1.84 bits per heavy atom. The van der Waals surface area contributed by atoms with E-state index in [0.717, 1.165) is 34.0 Å². The van der Waals surface area contributed by atoms with E-state index in [1.165, 1.54) is 0 Å². The van der Waals surface area contributed by atoms with Crippen molar-refractivity contribution in [1.29, 1.82) is 5.26 Å². The summed E-state index contributed by atoms with van der Waals surface area (Å²) in [6.07, 6.45) is -3.49. The van der Waals surface area contributed by atoms with Crippen LogP contribution in [0.15, 0.2) is 48.5 Å². The Labute approximate surface area is 176 Å². The first-order valence-corrected chi connectivity index (χ1v) is 11.3. The summed E-state index contributed by atoms with van der Waals surface area (Å²) >= 11 is 0. The van der Waals surface area contributed by atoms with Crippen LogP contribution >= 0.6 is 0 Å². The molecular weight excluding hydrogens is 429 g/mol. The van der Waals surface area contributed by atoms with Gasteiger partial charge in [-0.1, -0.05) is 30.3 Å². The fraction of sp³-hybridized carbons (Fsp3) is 0.273. The molecule has 0 N–H and O–H groups in total. The summed E-state index contributed by atoms with van der Waals surface area (Å²) in [5.41, 5.74) is -1.72. The van der Waals surface area contributed by atoms with E-state index in [9.17, 15) is 31.6 Å². The Kier molecular flexibility index (Phi) is 4.74. The average molecular weight is 446 g/mol. The summed E-state index contributed by atoms with van der Waals surface area (Å²) in [6.45, 7) is 0. The minimum absolute atomic E-state index is 0.00213. The number of hydrogen-bond donors (Lipinski definition) is 0. The number of alkyl halides is 3. The molecule has 1 aliphatic rings. The Balaban J connectivity index is 1.99. The van der Waals surface area contributed by atoms with Gasteiger partial charge < -0.3 is 0 Å². The average Bonchev–Trinajstić information content (AvgIpc) is 3.04. The lowest BCUT2D eigenvalue weighted by Crippen LogP contribution is -2.37. The zero-order valence-corrected chi connectivity index (χ0v) is 17.2. The fourth-order valence-electron chi connectivity index (χ4n) is 4.29. The van der Waals surface area contributed by atoms with E-state index in [1.807, 2.05) is 0 Å². The van der Waals surface area contributed by atoms with E-state index in [0.29, 0.717) is 0 Å². The van der Waals surface area contributed by atoms with Crippen molar-refractivity contribution >= 4 is 26.7 Å². The summed E-state index contributed by atoms with van der Waals surface area (Å²) in [5, 5.41) is 9.84. The molecule has 0 saturated carbocycles. The summed E-state index contributed by atoms with van der Waals surface area (Å²) in [4.78, 5) is 13.6. The van der Waals surface area contributed by atoms with Gasteiger partial charge >= 0.3 is 6.18 Å². The van der Waals surface area contributed by atoms with Gasteiger partial charge in [-0.3, -0.25) is 4.79 Å². The highest BCUT2D eigenvalue weighted by Gasteiger charge is 2.46. The van der Waals surface area contributed by atoms with Gasteiger partial charge in [0.15, 0.2) is 5.78 Å². The largest absolute Gasteiger partial charge is 0.416 e. The number of fused-ring (bicyclic) bond motifs is 3. The molecule has 160 valence electrons. The van der Waals surface area contributed by atoms with E-state index in [4.69, 9.17) is 0 Å². The molecule has 0 saturated heterocycles. The predicted octanol–water partition coefficient (Wildman–Crippen LogP) is 4.35. The van der Waals surface area contributed by atoms with Gasteiger partial charge in [0.1, 0.15) is 5.41 Å². The molecule has 31 heavy (non-hydrogen) atoms. The Bertz CT molecular complexity index is 1350. The van der Waals surface area contributed by atoms with Gasteiger partial charge in [-0.2, -0.15) is 18.4 Å². The number of benzene rings is 2. The van der Waals surface area contributed by atoms with Crippen LogP contribution < -0.4 is 0 Å². The number of ketones is 1. The summed E-state index contributed by atoms with van der Waals surface area (Å²) in [6, 6.07) is 13.6. The van der Waals surface area contributed by atoms with Crippen LogP contribution in [0.4, 0.5) is 13.2 Å². The number of nitriles is 1. The van der Waals surface area contributed by atoms with Crippen LogP contribution in [0.25, 0.3) is 10.9 Å². The molecule has 4 rings (SSSR count). The summed E-state index contributed by atoms with van der Waals surface area (Å²) < 4.78 is 65.8. The maximum atomic E-state index is 13.6. The minimum Gasteiger partial charge on any atom is -0.292 e.